The van der Waals surface area contributed by atoms with E-state index in [2.05, 4.69) is 28.3 Å². The van der Waals surface area contributed by atoms with Crippen LogP contribution in [0.2, 0.25) is 0 Å². The Hall–Kier alpha value is -2.76. The van der Waals surface area contributed by atoms with Crippen molar-refractivity contribution in [2.75, 3.05) is 13.1 Å². The van der Waals surface area contributed by atoms with E-state index in [0.717, 1.165) is 59.6 Å². The summed E-state index contributed by atoms with van der Waals surface area (Å²) in [5.41, 5.74) is 5.79. The van der Waals surface area contributed by atoms with Crippen LogP contribution in [0.15, 0.2) is 24.4 Å². The molecule has 1 amide bonds. The molecule has 3 aromatic rings. The summed E-state index contributed by atoms with van der Waals surface area (Å²) >= 11 is 0. The number of hydrogen-bond donors (Lipinski definition) is 0. The first-order chi connectivity index (χ1) is 14.0. The second-order valence-corrected chi connectivity index (χ2v) is 8.56. The van der Waals surface area contributed by atoms with E-state index in [4.69, 9.17) is 4.98 Å². The van der Waals surface area contributed by atoms with Crippen LogP contribution >= 0.6 is 0 Å². The third-order valence-corrected chi connectivity index (χ3v) is 6.56. The highest BCUT2D eigenvalue weighted by Gasteiger charge is 2.29. The van der Waals surface area contributed by atoms with Crippen LogP contribution in [-0.4, -0.2) is 43.6 Å². The zero-order chi connectivity index (χ0) is 20.1. The number of carbonyl (C=O) groups is 1. The first-order valence-corrected chi connectivity index (χ1v) is 10.6. The zero-order valence-corrected chi connectivity index (χ0v) is 17.4. The third-order valence-electron chi connectivity index (χ3n) is 6.56. The molecule has 0 radical (unpaired) electrons. The Morgan fingerprint density at radius 3 is 2.48 bits per heavy atom. The number of carbonyl (C=O) groups excluding carboxylic acids is 1. The zero-order valence-electron chi connectivity index (χ0n) is 17.4. The Kier molecular flexibility index (Phi) is 4.37. The molecule has 1 aliphatic carbocycles. The molecule has 6 heteroatoms. The van der Waals surface area contributed by atoms with E-state index in [9.17, 15) is 4.79 Å². The molecule has 5 rings (SSSR count). The van der Waals surface area contributed by atoms with Gasteiger partial charge in [0.25, 0.3) is 5.91 Å². The van der Waals surface area contributed by atoms with Gasteiger partial charge in [0.15, 0.2) is 5.65 Å². The summed E-state index contributed by atoms with van der Waals surface area (Å²) in [6.07, 6.45) is 6.43. The molecule has 150 valence electrons. The van der Waals surface area contributed by atoms with Gasteiger partial charge < -0.3 is 4.90 Å². The van der Waals surface area contributed by atoms with Gasteiger partial charge in [0.05, 0.1) is 11.3 Å². The van der Waals surface area contributed by atoms with Gasteiger partial charge in [-0.3, -0.25) is 9.48 Å². The lowest BCUT2D eigenvalue weighted by Gasteiger charge is -2.32. The summed E-state index contributed by atoms with van der Waals surface area (Å²) in [4.78, 5) is 24.4. The topological polar surface area (TPSA) is 63.9 Å². The van der Waals surface area contributed by atoms with Crippen LogP contribution in [0.4, 0.5) is 0 Å². The van der Waals surface area contributed by atoms with Crippen molar-refractivity contribution in [1.29, 1.82) is 0 Å². The Labute approximate surface area is 171 Å². The highest BCUT2D eigenvalue weighted by atomic mass is 16.2. The average molecular weight is 390 g/mol. The third kappa shape index (κ3) is 3.30. The quantitative estimate of drug-likeness (QED) is 0.682. The fraction of sp³-hybridized carbons (Fsp3) is 0.478. The van der Waals surface area contributed by atoms with Crippen LogP contribution in [0.3, 0.4) is 0 Å². The molecular formula is C23H27N5O. The molecule has 0 N–H and O–H groups in total. The van der Waals surface area contributed by atoms with Crippen LogP contribution < -0.4 is 0 Å². The summed E-state index contributed by atoms with van der Waals surface area (Å²) in [5, 5.41) is 5.52. The molecule has 0 aromatic carbocycles. The molecule has 0 atom stereocenters. The minimum Gasteiger partial charge on any atom is -0.338 e. The SMILES string of the molecule is Cc1nn(C)c(C)c1C(=O)N1CCC(c2ccc3cc(C4CC4)cnc3n2)CC1. The number of pyridine rings is 2. The molecule has 1 aliphatic heterocycles. The smallest absolute Gasteiger partial charge is 0.257 e. The van der Waals surface area contributed by atoms with Crippen molar-refractivity contribution in [2.24, 2.45) is 7.05 Å². The maximum Gasteiger partial charge on any atom is 0.257 e. The van der Waals surface area contributed by atoms with Gasteiger partial charge in [0, 0.05) is 49.0 Å². The molecule has 2 fully saturated rings. The lowest BCUT2D eigenvalue weighted by Crippen LogP contribution is -2.38. The molecule has 0 spiro atoms. The molecule has 2 aliphatic rings. The van der Waals surface area contributed by atoms with Crippen LogP contribution in [0.25, 0.3) is 11.0 Å². The number of likely N-dealkylation sites (tertiary alicyclic amines) is 1. The second kappa shape index (κ2) is 6.94. The second-order valence-electron chi connectivity index (χ2n) is 8.56. The summed E-state index contributed by atoms with van der Waals surface area (Å²) in [6, 6.07) is 6.56. The maximum atomic E-state index is 13.0. The largest absolute Gasteiger partial charge is 0.338 e. The van der Waals surface area contributed by atoms with Crippen molar-refractivity contribution in [3.8, 4) is 0 Å². The van der Waals surface area contributed by atoms with Crippen LogP contribution in [0.5, 0.6) is 0 Å². The average Bonchev–Trinajstić information content (AvgIpc) is 3.54. The predicted molar refractivity (Wildman–Crippen MR) is 112 cm³/mol. The summed E-state index contributed by atoms with van der Waals surface area (Å²) in [7, 11) is 1.89. The highest BCUT2D eigenvalue weighted by molar-refractivity contribution is 5.96. The minimum atomic E-state index is 0.104. The number of piperidine rings is 1. The van der Waals surface area contributed by atoms with E-state index >= 15 is 0 Å². The molecular weight excluding hydrogens is 362 g/mol. The van der Waals surface area contributed by atoms with Gasteiger partial charge in [-0.25, -0.2) is 9.97 Å². The fourth-order valence-electron chi connectivity index (χ4n) is 4.53. The van der Waals surface area contributed by atoms with Gasteiger partial charge in [0.2, 0.25) is 0 Å². The maximum absolute atomic E-state index is 13.0. The molecule has 0 unspecified atom stereocenters. The number of rotatable bonds is 3. The lowest BCUT2D eigenvalue weighted by molar-refractivity contribution is 0.0710. The van der Waals surface area contributed by atoms with Gasteiger partial charge in [-0.15, -0.1) is 0 Å². The van der Waals surface area contributed by atoms with Gasteiger partial charge in [-0.05, 0) is 69.2 Å². The first kappa shape index (κ1) is 18.3. The van der Waals surface area contributed by atoms with Gasteiger partial charge in [0.1, 0.15) is 0 Å². The van der Waals surface area contributed by atoms with Gasteiger partial charge in [-0.2, -0.15) is 5.10 Å². The Morgan fingerprint density at radius 2 is 1.83 bits per heavy atom. The van der Waals surface area contributed by atoms with Crippen LogP contribution in [0.1, 0.15) is 70.5 Å². The molecule has 6 nitrogen and oxygen atoms in total. The van der Waals surface area contributed by atoms with Crippen molar-refractivity contribution in [2.45, 2.75) is 51.4 Å². The number of aromatic nitrogens is 4. The van der Waals surface area contributed by atoms with E-state index in [-0.39, 0.29) is 5.91 Å². The molecule has 1 saturated carbocycles. The van der Waals surface area contributed by atoms with Crippen molar-refractivity contribution >= 4 is 16.9 Å². The standard InChI is InChI=1S/C23H27N5O/c1-14-21(15(2)27(3)26-14)23(29)28-10-8-17(9-11-28)20-7-6-18-12-19(16-4-5-16)13-24-22(18)25-20/h6-7,12-13,16-17H,4-5,8-11H2,1-3H3. The summed E-state index contributed by atoms with van der Waals surface area (Å²) in [5.74, 6) is 1.19. The van der Waals surface area contributed by atoms with E-state index in [0.29, 0.717) is 11.8 Å². The van der Waals surface area contributed by atoms with Crippen LogP contribution in [0, 0.1) is 13.8 Å². The number of aryl methyl sites for hydroxylation is 2. The normalized spacial score (nSPS) is 17.8. The van der Waals surface area contributed by atoms with Gasteiger partial charge >= 0.3 is 0 Å². The summed E-state index contributed by atoms with van der Waals surface area (Å²) < 4.78 is 1.79. The Bertz CT molecular complexity index is 1090. The molecule has 1 saturated heterocycles. The Morgan fingerprint density at radius 1 is 1.07 bits per heavy atom. The number of nitrogens with zero attached hydrogens (tertiary/aromatic N) is 5. The van der Waals surface area contributed by atoms with Crippen molar-refractivity contribution < 1.29 is 4.79 Å². The van der Waals surface area contributed by atoms with E-state index in [1.165, 1.54) is 18.4 Å². The predicted octanol–water partition coefficient (Wildman–Crippen LogP) is 3.88. The monoisotopic (exact) mass is 389 g/mol. The molecule has 4 heterocycles. The lowest BCUT2D eigenvalue weighted by atomic mass is 9.92. The first-order valence-electron chi connectivity index (χ1n) is 10.6. The molecule has 0 bridgehead atoms. The van der Waals surface area contributed by atoms with E-state index in [1.54, 1.807) is 4.68 Å². The van der Waals surface area contributed by atoms with Crippen molar-refractivity contribution in [3.05, 3.63) is 52.6 Å². The van der Waals surface area contributed by atoms with Crippen LogP contribution in [-0.2, 0) is 7.05 Å². The van der Waals surface area contributed by atoms with Crippen molar-refractivity contribution in [3.63, 3.8) is 0 Å². The van der Waals surface area contributed by atoms with E-state index in [1.807, 2.05) is 32.0 Å². The number of hydrogen-bond acceptors (Lipinski definition) is 4. The van der Waals surface area contributed by atoms with Crippen molar-refractivity contribution in [1.82, 2.24) is 24.6 Å². The Balaban J connectivity index is 1.30. The highest BCUT2D eigenvalue weighted by Crippen LogP contribution is 2.40. The summed E-state index contributed by atoms with van der Waals surface area (Å²) in [6.45, 7) is 5.38. The van der Waals surface area contributed by atoms with Gasteiger partial charge in [-0.1, -0.05) is 0 Å². The molecule has 29 heavy (non-hydrogen) atoms. The minimum absolute atomic E-state index is 0.104. The number of fused-ring (bicyclic) bond motifs is 1. The molecule has 3 aromatic heterocycles. The number of amides is 1. The van der Waals surface area contributed by atoms with E-state index < -0.39 is 0 Å². The fourth-order valence-corrected chi connectivity index (χ4v) is 4.53.